The fourth-order valence-electron chi connectivity index (χ4n) is 3.20. The topological polar surface area (TPSA) is 87.5 Å². The summed E-state index contributed by atoms with van der Waals surface area (Å²) < 4.78 is 1.48. The van der Waals surface area contributed by atoms with Crippen molar-refractivity contribution in [2.24, 2.45) is 4.99 Å². The minimum Gasteiger partial charge on any atom is -0.505 e. The summed E-state index contributed by atoms with van der Waals surface area (Å²) in [6.07, 6.45) is 4.87. The van der Waals surface area contributed by atoms with E-state index in [1.54, 1.807) is 13.0 Å². The van der Waals surface area contributed by atoms with Gasteiger partial charge in [0, 0.05) is 24.9 Å². The van der Waals surface area contributed by atoms with E-state index < -0.39 is 0 Å². The Labute approximate surface area is 169 Å². The van der Waals surface area contributed by atoms with Crippen LogP contribution in [-0.2, 0) is 24.2 Å². The lowest BCUT2D eigenvalue weighted by atomic mass is 10.0. The Bertz CT molecular complexity index is 1050. The van der Waals surface area contributed by atoms with Crippen molar-refractivity contribution in [3.8, 4) is 5.75 Å². The number of carbonyl (C=O) groups is 1. The third-order valence-corrected chi connectivity index (χ3v) is 4.84. The Balaban J connectivity index is 1.76. The first-order valence-electron chi connectivity index (χ1n) is 9.72. The molecule has 0 fully saturated rings. The minimum atomic E-state index is -0.183. The molecule has 0 aliphatic rings. The molecule has 6 nitrogen and oxygen atoms in total. The molecule has 3 aromatic rings. The SMILES string of the molecule is Cc1[nH]n(CCCC=O)c(=O)c1C=Nc1cccc(CCc2ccccc2)c1O. The number of aromatic nitrogens is 2. The van der Waals surface area contributed by atoms with Gasteiger partial charge in [-0.2, -0.15) is 0 Å². The smallest absolute Gasteiger partial charge is 0.275 e. The summed E-state index contributed by atoms with van der Waals surface area (Å²) in [5, 5.41) is 13.6. The molecule has 0 amide bonds. The van der Waals surface area contributed by atoms with Crippen molar-refractivity contribution in [2.75, 3.05) is 0 Å². The molecule has 0 radical (unpaired) electrons. The second kappa shape index (κ2) is 9.68. The average molecular weight is 391 g/mol. The lowest BCUT2D eigenvalue weighted by Gasteiger charge is -2.07. The predicted octanol–water partition coefficient (Wildman–Crippen LogP) is 3.71. The molecule has 0 saturated heterocycles. The summed E-state index contributed by atoms with van der Waals surface area (Å²) in [6, 6.07) is 15.6. The van der Waals surface area contributed by atoms with Crippen molar-refractivity contribution in [3.05, 3.63) is 81.3 Å². The van der Waals surface area contributed by atoms with Crippen molar-refractivity contribution in [1.29, 1.82) is 0 Å². The Morgan fingerprint density at radius 1 is 1.10 bits per heavy atom. The number of rotatable bonds is 9. The van der Waals surface area contributed by atoms with Crippen LogP contribution in [0.2, 0.25) is 0 Å². The van der Waals surface area contributed by atoms with Crippen LogP contribution in [0.3, 0.4) is 0 Å². The second-order valence-corrected chi connectivity index (χ2v) is 6.94. The van der Waals surface area contributed by atoms with Gasteiger partial charge in [0.15, 0.2) is 0 Å². The highest BCUT2D eigenvalue weighted by atomic mass is 16.3. The number of aromatic hydroxyl groups is 1. The van der Waals surface area contributed by atoms with E-state index in [1.807, 2.05) is 30.3 Å². The molecule has 0 spiro atoms. The Morgan fingerprint density at radius 3 is 2.66 bits per heavy atom. The van der Waals surface area contributed by atoms with Gasteiger partial charge in [-0.25, -0.2) is 0 Å². The number of phenolic OH excluding ortho intramolecular Hbond substituents is 1. The number of benzene rings is 2. The number of H-pyrrole nitrogens is 1. The molecule has 29 heavy (non-hydrogen) atoms. The highest BCUT2D eigenvalue weighted by molar-refractivity contribution is 5.83. The summed E-state index contributed by atoms with van der Waals surface area (Å²) in [5.74, 6) is 0.138. The number of nitrogens with zero attached hydrogens (tertiary/aromatic N) is 2. The van der Waals surface area contributed by atoms with Crippen LogP contribution in [0.1, 0.15) is 35.2 Å². The molecule has 1 heterocycles. The van der Waals surface area contributed by atoms with Crippen LogP contribution in [0.5, 0.6) is 5.75 Å². The standard InChI is InChI=1S/C23H25N3O3/c1-17-20(23(29)26(25-17)14-5-6-15-27)16-24-21-11-7-10-19(22(21)28)13-12-18-8-3-2-4-9-18/h2-4,7-11,15-16,25,28H,5-6,12-14H2,1H3. The van der Waals surface area contributed by atoms with Crippen molar-refractivity contribution in [2.45, 2.75) is 39.2 Å². The van der Waals surface area contributed by atoms with Gasteiger partial charge in [-0.05, 0) is 43.4 Å². The molecule has 2 N–H and O–H groups in total. The first-order chi connectivity index (χ1) is 14.1. The van der Waals surface area contributed by atoms with Crippen LogP contribution in [0.25, 0.3) is 0 Å². The van der Waals surface area contributed by atoms with E-state index in [9.17, 15) is 14.7 Å². The molecule has 6 heteroatoms. The van der Waals surface area contributed by atoms with E-state index in [0.29, 0.717) is 42.8 Å². The van der Waals surface area contributed by atoms with Crippen molar-refractivity contribution in [3.63, 3.8) is 0 Å². The van der Waals surface area contributed by atoms with Crippen LogP contribution >= 0.6 is 0 Å². The van der Waals surface area contributed by atoms with Crippen LogP contribution < -0.4 is 5.56 Å². The van der Waals surface area contributed by atoms with Gasteiger partial charge < -0.3 is 9.90 Å². The fourth-order valence-corrected chi connectivity index (χ4v) is 3.20. The normalized spacial score (nSPS) is 11.2. The predicted molar refractivity (Wildman–Crippen MR) is 114 cm³/mol. The van der Waals surface area contributed by atoms with Gasteiger partial charge in [0.05, 0.1) is 5.56 Å². The molecular formula is C23H25N3O3. The average Bonchev–Trinajstić information content (AvgIpc) is 3.00. The van der Waals surface area contributed by atoms with Gasteiger partial charge >= 0.3 is 0 Å². The van der Waals surface area contributed by atoms with Crippen molar-refractivity contribution >= 4 is 18.2 Å². The molecule has 0 saturated carbocycles. The molecule has 2 aromatic carbocycles. The number of aryl methyl sites for hydroxylation is 4. The first-order valence-corrected chi connectivity index (χ1v) is 9.72. The number of aromatic amines is 1. The number of para-hydroxylation sites is 1. The van der Waals surface area contributed by atoms with Gasteiger partial charge in [0.2, 0.25) is 0 Å². The maximum atomic E-state index is 12.5. The fraction of sp³-hybridized carbons (Fsp3) is 0.261. The minimum absolute atomic E-state index is 0.138. The quantitative estimate of drug-likeness (QED) is 0.331. The number of nitrogens with one attached hydrogen (secondary N) is 1. The Kier molecular flexibility index (Phi) is 6.79. The first kappa shape index (κ1) is 20.3. The number of aliphatic imine (C=N–C) groups is 1. The number of aldehydes is 1. The van der Waals surface area contributed by atoms with E-state index in [1.165, 1.54) is 16.5 Å². The van der Waals surface area contributed by atoms with Crippen LogP contribution in [0.15, 0.2) is 58.3 Å². The summed E-state index contributed by atoms with van der Waals surface area (Å²) in [6.45, 7) is 2.25. The number of unbranched alkanes of at least 4 members (excludes halogenated alkanes) is 1. The van der Waals surface area contributed by atoms with Gasteiger partial charge in [-0.3, -0.25) is 19.6 Å². The number of hydrogen-bond acceptors (Lipinski definition) is 4. The van der Waals surface area contributed by atoms with E-state index >= 15 is 0 Å². The van der Waals surface area contributed by atoms with E-state index in [-0.39, 0.29) is 11.3 Å². The molecule has 0 unspecified atom stereocenters. The van der Waals surface area contributed by atoms with Gasteiger partial charge in [-0.15, -0.1) is 0 Å². The molecule has 0 atom stereocenters. The Morgan fingerprint density at radius 2 is 1.90 bits per heavy atom. The maximum Gasteiger partial charge on any atom is 0.275 e. The van der Waals surface area contributed by atoms with Crippen molar-refractivity contribution < 1.29 is 9.90 Å². The third kappa shape index (κ3) is 5.10. The largest absolute Gasteiger partial charge is 0.505 e. The molecular weight excluding hydrogens is 366 g/mol. The third-order valence-electron chi connectivity index (χ3n) is 4.84. The summed E-state index contributed by atoms with van der Waals surface area (Å²) in [7, 11) is 0. The number of carbonyl (C=O) groups excluding carboxylic acids is 1. The van der Waals surface area contributed by atoms with Crippen LogP contribution in [-0.4, -0.2) is 27.4 Å². The molecule has 3 rings (SSSR count). The highest BCUT2D eigenvalue weighted by Gasteiger charge is 2.10. The molecule has 1 aromatic heterocycles. The Hall–Kier alpha value is -3.41. The lowest BCUT2D eigenvalue weighted by molar-refractivity contribution is -0.107. The maximum absolute atomic E-state index is 12.5. The number of phenols is 1. The molecule has 0 aliphatic carbocycles. The summed E-state index contributed by atoms with van der Waals surface area (Å²) in [5.41, 5.74) is 3.43. The highest BCUT2D eigenvalue weighted by Crippen LogP contribution is 2.30. The van der Waals surface area contributed by atoms with Gasteiger partial charge in [0.25, 0.3) is 5.56 Å². The van der Waals surface area contributed by atoms with E-state index in [4.69, 9.17) is 0 Å². The summed E-state index contributed by atoms with van der Waals surface area (Å²) in [4.78, 5) is 27.3. The molecule has 0 bridgehead atoms. The number of hydrogen-bond donors (Lipinski definition) is 2. The second-order valence-electron chi connectivity index (χ2n) is 6.94. The molecule has 150 valence electrons. The lowest BCUT2D eigenvalue weighted by Crippen LogP contribution is -2.19. The summed E-state index contributed by atoms with van der Waals surface area (Å²) >= 11 is 0. The zero-order valence-corrected chi connectivity index (χ0v) is 16.5. The monoisotopic (exact) mass is 391 g/mol. The zero-order chi connectivity index (χ0) is 20.6. The van der Waals surface area contributed by atoms with Gasteiger partial charge in [-0.1, -0.05) is 42.5 Å². The van der Waals surface area contributed by atoms with E-state index in [0.717, 1.165) is 18.3 Å². The molecule has 0 aliphatic heterocycles. The van der Waals surface area contributed by atoms with Crippen molar-refractivity contribution in [1.82, 2.24) is 9.78 Å². The van der Waals surface area contributed by atoms with Gasteiger partial charge in [0.1, 0.15) is 17.7 Å². The van der Waals surface area contributed by atoms with Crippen LogP contribution in [0.4, 0.5) is 5.69 Å². The van der Waals surface area contributed by atoms with E-state index in [2.05, 4.69) is 22.2 Å². The zero-order valence-electron chi connectivity index (χ0n) is 16.5. The van der Waals surface area contributed by atoms with Crippen LogP contribution in [0, 0.1) is 6.92 Å².